The number of rotatable bonds is 4. The van der Waals surface area contributed by atoms with E-state index in [9.17, 15) is 4.79 Å². The van der Waals surface area contributed by atoms with E-state index < -0.39 is 0 Å². The van der Waals surface area contributed by atoms with Crippen molar-refractivity contribution in [3.63, 3.8) is 0 Å². The van der Waals surface area contributed by atoms with Crippen LogP contribution < -0.4 is 15.8 Å². The molecule has 0 atom stereocenters. The number of anilines is 2. The highest BCUT2D eigenvalue weighted by Crippen LogP contribution is 2.24. The molecule has 0 bridgehead atoms. The molecular weight excluding hydrogens is 240 g/mol. The molecule has 4 heteroatoms. The van der Waals surface area contributed by atoms with E-state index in [-0.39, 0.29) is 5.91 Å². The van der Waals surface area contributed by atoms with Crippen LogP contribution in [0.3, 0.4) is 0 Å². The summed E-state index contributed by atoms with van der Waals surface area (Å²) in [6.45, 7) is 2.48. The minimum absolute atomic E-state index is 0.184. The Morgan fingerprint density at radius 3 is 2.58 bits per heavy atom. The van der Waals surface area contributed by atoms with E-state index in [0.29, 0.717) is 29.3 Å². The molecule has 0 aromatic heterocycles. The number of carbonyl (C=O) groups is 1. The summed E-state index contributed by atoms with van der Waals surface area (Å²) >= 11 is 0. The third-order valence-corrected chi connectivity index (χ3v) is 2.62. The monoisotopic (exact) mass is 256 g/mol. The third kappa shape index (κ3) is 3.25. The van der Waals surface area contributed by atoms with Gasteiger partial charge in [0, 0.05) is 11.6 Å². The van der Waals surface area contributed by atoms with Gasteiger partial charge < -0.3 is 15.8 Å². The van der Waals surface area contributed by atoms with Crippen molar-refractivity contribution in [3.8, 4) is 5.75 Å². The Kier molecular flexibility index (Phi) is 4.03. The zero-order chi connectivity index (χ0) is 13.7. The zero-order valence-corrected chi connectivity index (χ0v) is 10.7. The maximum Gasteiger partial charge on any atom is 0.255 e. The van der Waals surface area contributed by atoms with E-state index in [1.807, 2.05) is 25.1 Å². The van der Waals surface area contributed by atoms with Gasteiger partial charge in [-0.05, 0) is 31.2 Å². The van der Waals surface area contributed by atoms with Crippen LogP contribution in [0.25, 0.3) is 0 Å². The first-order valence-corrected chi connectivity index (χ1v) is 6.09. The van der Waals surface area contributed by atoms with Gasteiger partial charge in [-0.2, -0.15) is 0 Å². The van der Waals surface area contributed by atoms with Crippen LogP contribution in [0.5, 0.6) is 5.75 Å². The second kappa shape index (κ2) is 5.91. The number of amides is 1. The third-order valence-electron chi connectivity index (χ3n) is 2.62. The van der Waals surface area contributed by atoms with Gasteiger partial charge in [-0.25, -0.2) is 0 Å². The van der Waals surface area contributed by atoms with E-state index in [0.717, 1.165) is 0 Å². The summed E-state index contributed by atoms with van der Waals surface area (Å²) in [5.74, 6) is 0.508. The summed E-state index contributed by atoms with van der Waals surface area (Å²) in [4.78, 5) is 12.0. The molecule has 0 fully saturated rings. The van der Waals surface area contributed by atoms with Crippen LogP contribution in [0, 0.1) is 0 Å². The molecule has 0 unspecified atom stereocenters. The van der Waals surface area contributed by atoms with Crippen LogP contribution in [0.1, 0.15) is 17.3 Å². The molecule has 2 rings (SSSR count). The second-order valence-corrected chi connectivity index (χ2v) is 4.00. The van der Waals surface area contributed by atoms with Gasteiger partial charge in [-0.1, -0.05) is 18.2 Å². The molecule has 2 aromatic carbocycles. The Hall–Kier alpha value is -2.49. The Morgan fingerprint density at radius 2 is 1.95 bits per heavy atom. The standard InChI is InChI=1S/C15H16N2O2/c1-2-19-12-8-9-14(13(16)10-12)17-15(18)11-6-4-3-5-7-11/h3-10H,2,16H2,1H3,(H,17,18). The van der Waals surface area contributed by atoms with Gasteiger partial charge in [-0.15, -0.1) is 0 Å². The topological polar surface area (TPSA) is 64.3 Å². The largest absolute Gasteiger partial charge is 0.494 e. The highest BCUT2D eigenvalue weighted by atomic mass is 16.5. The lowest BCUT2D eigenvalue weighted by atomic mass is 10.2. The Bertz CT molecular complexity index is 568. The highest BCUT2D eigenvalue weighted by Gasteiger charge is 2.08. The van der Waals surface area contributed by atoms with Crippen molar-refractivity contribution in [2.24, 2.45) is 0 Å². The predicted molar refractivity (Wildman–Crippen MR) is 76.4 cm³/mol. The number of nitrogens with two attached hydrogens (primary N) is 1. The van der Waals surface area contributed by atoms with Crippen LogP contribution in [-0.2, 0) is 0 Å². The fourth-order valence-corrected chi connectivity index (χ4v) is 1.70. The van der Waals surface area contributed by atoms with Crippen LogP contribution in [0.15, 0.2) is 48.5 Å². The molecule has 19 heavy (non-hydrogen) atoms. The minimum atomic E-state index is -0.184. The predicted octanol–water partition coefficient (Wildman–Crippen LogP) is 2.92. The number of nitrogen functional groups attached to an aromatic ring is 1. The van der Waals surface area contributed by atoms with Crippen LogP contribution in [0.2, 0.25) is 0 Å². The molecule has 0 saturated carbocycles. The van der Waals surface area contributed by atoms with Gasteiger partial charge >= 0.3 is 0 Å². The SMILES string of the molecule is CCOc1ccc(NC(=O)c2ccccc2)c(N)c1. The maximum atomic E-state index is 12.0. The molecule has 4 nitrogen and oxygen atoms in total. The van der Waals surface area contributed by atoms with Crippen molar-refractivity contribution >= 4 is 17.3 Å². The van der Waals surface area contributed by atoms with Gasteiger partial charge in [0.25, 0.3) is 5.91 Å². The van der Waals surface area contributed by atoms with E-state index in [1.54, 1.807) is 30.3 Å². The first-order chi connectivity index (χ1) is 9.20. The van der Waals surface area contributed by atoms with E-state index in [4.69, 9.17) is 10.5 Å². The summed E-state index contributed by atoms with van der Waals surface area (Å²) in [5, 5.41) is 2.78. The summed E-state index contributed by atoms with van der Waals surface area (Å²) < 4.78 is 5.34. The number of hydrogen-bond donors (Lipinski definition) is 2. The van der Waals surface area contributed by atoms with Gasteiger partial charge in [0.1, 0.15) is 5.75 Å². The lowest BCUT2D eigenvalue weighted by molar-refractivity contribution is 0.102. The molecule has 0 aliphatic rings. The number of nitrogens with one attached hydrogen (secondary N) is 1. The summed E-state index contributed by atoms with van der Waals surface area (Å²) in [7, 11) is 0. The molecule has 98 valence electrons. The van der Waals surface area contributed by atoms with Gasteiger partial charge in [0.15, 0.2) is 0 Å². The first-order valence-electron chi connectivity index (χ1n) is 6.09. The normalized spacial score (nSPS) is 9.95. The van der Waals surface area contributed by atoms with Crippen molar-refractivity contribution in [1.82, 2.24) is 0 Å². The van der Waals surface area contributed by atoms with Crippen molar-refractivity contribution in [2.45, 2.75) is 6.92 Å². The summed E-state index contributed by atoms with van der Waals surface area (Å²) in [6, 6.07) is 14.2. The molecule has 0 aliphatic heterocycles. The molecule has 0 aliphatic carbocycles. The summed E-state index contributed by atoms with van der Waals surface area (Å²) in [5.41, 5.74) is 7.54. The number of ether oxygens (including phenoxy) is 1. The minimum Gasteiger partial charge on any atom is -0.494 e. The van der Waals surface area contributed by atoms with E-state index in [1.165, 1.54) is 0 Å². The smallest absolute Gasteiger partial charge is 0.255 e. The van der Waals surface area contributed by atoms with Crippen LogP contribution in [0.4, 0.5) is 11.4 Å². The Labute approximate surface area is 112 Å². The quantitative estimate of drug-likeness (QED) is 0.827. The Balaban J connectivity index is 2.13. The molecule has 1 amide bonds. The fraction of sp³-hybridized carbons (Fsp3) is 0.133. The highest BCUT2D eigenvalue weighted by molar-refractivity contribution is 6.05. The molecule has 3 N–H and O–H groups in total. The van der Waals surface area contributed by atoms with Crippen molar-refractivity contribution < 1.29 is 9.53 Å². The van der Waals surface area contributed by atoms with Crippen LogP contribution in [-0.4, -0.2) is 12.5 Å². The lowest BCUT2D eigenvalue weighted by Gasteiger charge is -2.10. The summed E-state index contributed by atoms with van der Waals surface area (Å²) in [6.07, 6.45) is 0. The van der Waals surface area contributed by atoms with Crippen LogP contribution >= 0.6 is 0 Å². The lowest BCUT2D eigenvalue weighted by Crippen LogP contribution is -2.13. The van der Waals surface area contributed by atoms with Crippen molar-refractivity contribution in [1.29, 1.82) is 0 Å². The fourth-order valence-electron chi connectivity index (χ4n) is 1.70. The molecular formula is C15H16N2O2. The van der Waals surface area contributed by atoms with E-state index >= 15 is 0 Å². The molecule has 0 radical (unpaired) electrons. The average molecular weight is 256 g/mol. The molecule has 2 aromatic rings. The average Bonchev–Trinajstić information content (AvgIpc) is 2.43. The Morgan fingerprint density at radius 1 is 1.21 bits per heavy atom. The molecule has 0 spiro atoms. The number of hydrogen-bond acceptors (Lipinski definition) is 3. The van der Waals surface area contributed by atoms with Gasteiger partial charge in [-0.3, -0.25) is 4.79 Å². The van der Waals surface area contributed by atoms with E-state index in [2.05, 4.69) is 5.32 Å². The van der Waals surface area contributed by atoms with Gasteiger partial charge in [0.05, 0.1) is 18.0 Å². The van der Waals surface area contributed by atoms with Gasteiger partial charge in [0.2, 0.25) is 0 Å². The molecule has 0 heterocycles. The van der Waals surface area contributed by atoms with Crippen molar-refractivity contribution in [2.75, 3.05) is 17.7 Å². The number of benzene rings is 2. The maximum absolute atomic E-state index is 12.0. The number of carbonyl (C=O) groups excluding carboxylic acids is 1. The second-order valence-electron chi connectivity index (χ2n) is 4.00. The van der Waals surface area contributed by atoms with Crippen molar-refractivity contribution in [3.05, 3.63) is 54.1 Å². The molecule has 0 saturated heterocycles. The first kappa shape index (κ1) is 13.0. The zero-order valence-electron chi connectivity index (χ0n) is 10.7.